The van der Waals surface area contributed by atoms with Crippen LogP contribution in [-0.4, -0.2) is 49.2 Å². The third-order valence-corrected chi connectivity index (χ3v) is 4.22. The summed E-state index contributed by atoms with van der Waals surface area (Å²) in [5.41, 5.74) is 7.13. The van der Waals surface area contributed by atoms with Gasteiger partial charge in [-0.2, -0.15) is 0 Å². The molecule has 132 valence electrons. The van der Waals surface area contributed by atoms with Crippen LogP contribution >= 0.6 is 11.6 Å². The zero-order valence-electron chi connectivity index (χ0n) is 14.0. The van der Waals surface area contributed by atoms with Crippen molar-refractivity contribution in [2.75, 3.05) is 26.2 Å². The van der Waals surface area contributed by atoms with Gasteiger partial charge in [0, 0.05) is 30.7 Å². The van der Waals surface area contributed by atoms with Crippen LogP contribution in [0.4, 0.5) is 4.79 Å². The number of likely N-dealkylation sites (tertiary alicyclic amines) is 1. The third-order valence-electron chi connectivity index (χ3n) is 3.97. The van der Waals surface area contributed by atoms with Gasteiger partial charge in [0.15, 0.2) is 5.96 Å². The second-order valence-corrected chi connectivity index (χ2v) is 6.18. The third kappa shape index (κ3) is 5.92. The van der Waals surface area contributed by atoms with Crippen LogP contribution in [0.2, 0.25) is 5.02 Å². The molecule has 0 aliphatic carbocycles. The van der Waals surface area contributed by atoms with Crippen LogP contribution in [0.5, 0.6) is 0 Å². The normalized spacial score (nSPS) is 16.1. The summed E-state index contributed by atoms with van der Waals surface area (Å²) >= 11 is 5.86. The Kier molecular flexibility index (Phi) is 7.18. The van der Waals surface area contributed by atoms with Crippen molar-refractivity contribution >= 4 is 23.7 Å². The number of amides is 1. The predicted octanol–water partition coefficient (Wildman–Crippen LogP) is 2.41. The number of nitrogens with one attached hydrogen (secondary N) is 1. The molecule has 0 aromatic heterocycles. The Morgan fingerprint density at radius 2 is 2.04 bits per heavy atom. The quantitative estimate of drug-likeness (QED) is 0.630. The van der Waals surface area contributed by atoms with Gasteiger partial charge in [0.1, 0.15) is 0 Å². The van der Waals surface area contributed by atoms with Crippen molar-refractivity contribution < 1.29 is 9.53 Å². The van der Waals surface area contributed by atoms with E-state index >= 15 is 0 Å². The Bertz CT molecular complexity index is 554. The summed E-state index contributed by atoms with van der Waals surface area (Å²) in [4.78, 5) is 17.7. The Morgan fingerprint density at radius 3 is 2.67 bits per heavy atom. The van der Waals surface area contributed by atoms with Crippen LogP contribution in [0, 0.1) is 0 Å². The molecule has 1 heterocycles. The fraction of sp³-hybridized carbons (Fsp3) is 0.529. The van der Waals surface area contributed by atoms with E-state index in [0.29, 0.717) is 32.2 Å². The lowest BCUT2D eigenvalue weighted by Crippen LogP contribution is -2.48. The first kappa shape index (κ1) is 18.4. The molecule has 0 bridgehead atoms. The number of nitrogens with zero attached hydrogens (tertiary/aromatic N) is 2. The van der Waals surface area contributed by atoms with Crippen LogP contribution in [0.15, 0.2) is 29.3 Å². The fourth-order valence-electron chi connectivity index (χ4n) is 2.63. The standard InChI is InChI=1S/C17H25ClN4O2/c1-2-24-17(23)22-11-8-15(9-12-22)21-16(19)20-10-7-13-3-5-14(18)6-4-13/h3-6,15H,2,7-12H2,1H3,(H3,19,20,21). The Morgan fingerprint density at radius 1 is 1.38 bits per heavy atom. The summed E-state index contributed by atoms with van der Waals surface area (Å²) in [7, 11) is 0. The van der Waals surface area contributed by atoms with Crippen LogP contribution in [0.1, 0.15) is 25.3 Å². The molecule has 1 aromatic rings. The molecule has 1 aliphatic heterocycles. The first-order valence-corrected chi connectivity index (χ1v) is 8.69. The number of piperidine rings is 1. The molecular formula is C17H25ClN4O2. The summed E-state index contributed by atoms with van der Waals surface area (Å²) in [6, 6.07) is 7.98. The predicted molar refractivity (Wildman–Crippen MR) is 96.4 cm³/mol. The molecule has 1 saturated heterocycles. The Labute approximate surface area is 148 Å². The molecule has 0 unspecified atom stereocenters. The first-order valence-electron chi connectivity index (χ1n) is 8.31. The van der Waals surface area contributed by atoms with E-state index in [4.69, 9.17) is 22.1 Å². The smallest absolute Gasteiger partial charge is 0.409 e. The summed E-state index contributed by atoms with van der Waals surface area (Å²) in [6.07, 6.45) is 2.26. The number of benzene rings is 1. The van der Waals surface area contributed by atoms with Gasteiger partial charge in [-0.3, -0.25) is 4.99 Å². The highest BCUT2D eigenvalue weighted by atomic mass is 35.5. The van der Waals surface area contributed by atoms with Crippen LogP contribution in [0.25, 0.3) is 0 Å². The number of hydrogen-bond donors (Lipinski definition) is 2. The highest BCUT2D eigenvalue weighted by molar-refractivity contribution is 6.30. The maximum absolute atomic E-state index is 11.7. The van der Waals surface area contributed by atoms with Crippen molar-refractivity contribution in [3.63, 3.8) is 0 Å². The molecule has 7 heteroatoms. The summed E-state index contributed by atoms with van der Waals surface area (Å²) < 4.78 is 5.01. The van der Waals surface area contributed by atoms with E-state index in [2.05, 4.69) is 10.3 Å². The number of halogens is 1. The second-order valence-electron chi connectivity index (χ2n) is 5.75. The minimum absolute atomic E-state index is 0.236. The van der Waals surface area contributed by atoms with Crippen molar-refractivity contribution in [2.45, 2.75) is 32.2 Å². The Hall–Kier alpha value is -1.95. The van der Waals surface area contributed by atoms with Gasteiger partial charge in [-0.15, -0.1) is 0 Å². The minimum atomic E-state index is -0.236. The minimum Gasteiger partial charge on any atom is -0.450 e. The Balaban J connectivity index is 1.69. The van der Waals surface area contributed by atoms with Crippen LogP contribution < -0.4 is 11.1 Å². The van der Waals surface area contributed by atoms with Crippen molar-refractivity contribution in [3.05, 3.63) is 34.9 Å². The van der Waals surface area contributed by atoms with Gasteiger partial charge < -0.3 is 20.7 Å². The van der Waals surface area contributed by atoms with E-state index in [1.165, 1.54) is 5.56 Å². The zero-order chi connectivity index (χ0) is 17.4. The highest BCUT2D eigenvalue weighted by Crippen LogP contribution is 2.12. The molecule has 0 saturated carbocycles. The molecule has 1 aliphatic rings. The molecule has 1 aromatic carbocycles. The van der Waals surface area contributed by atoms with Crippen LogP contribution in [-0.2, 0) is 11.2 Å². The average Bonchev–Trinajstić information content (AvgIpc) is 2.57. The van der Waals surface area contributed by atoms with Gasteiger partial charge in [0.05, 0.1) is 6.61 Å². The van der Waals surface area contributed by atoms with Gasteiger partial charge >= 0.3 is 6.09 Å². The number of carbonyl (C=O) groups excluding carboxylic acids is 1. The monoisotopic (exact) mass is 352 g/mol. The van der Waals surface area contributed by atoms with Gasteiger partial charge in [-0.1, -0.05) is 23.7 Å². The maximum atomic E-state index is 11.7. The molecule has 1 amide bonds. The van der Waals surface area contributed by atoms with Crippen LogP contribution in [0.3, 0.4) is 0 Å². The lowest BCUT2D eigenvalue weighted by atomic mass is 10.1. The summed E-state index contributed by atoms with van der Waals surface area (Å²) in [5, 5.41) is 3.97. The number of rotatable bonds is 5. The van der Waals surface area contributed by atoms with Gasteiger partial charge in [-0.25, -0.2) is 4.79 Å². The lowest BCUT2D eigenvalue weighted by molar-refractivity contribution is 0.0963. The zero-order valence-corrected chi connectivity index (χ0v) is 14.8. The molecule has 0 atom stereocenters. The number of guanidine groups is 1. The van der Waals surface area contributed by atoms with E-state index < -0.39 is 0 Å². The van der Waals surface area contributed by atoms with E-state index in [1.54, 1.807) is 4.90 Å². The first-order chi connectivity index (χ1) is 11.6. The van der Waals surface area contributed by atoms with Gasteiger partial charge in [-0.05, 0) is 43.9 Å². The van der Waals surface area contributed by atoms with E-state index in [9.17, 15) is 4.79 Å². The van der Waals surface area contributed by atoms with Gasteiger partial charge in [0.2, 0.25) is 0 Å². The number of nitrogens with two attached hydrogens (primary N) is 1. The molecule has 2 rings (SSSR count). The van der Waals surface area contributed by atoms with E-state index in [-0.39, 0.29) is 12.1 Å². The highest BCUT2D eigenvalue weighted by Gasteiger charge is 2.23. The molecule has 0 radical (unpaired) electrons. The van der Waals surface area contributed by atoms with Crippen molar-refractivity contribution in [3.8, 4) is 0 Å². The van der Waals surface area contributed by atoms with E-state index in [0.717, 1.165) is 24.3 Å². The topological polar surface area (TPSA) is 80.0 Å². The fourth-order valence-corrected chi connectivity index (χ4v) is 2.76. The SMILES string of the molecule is CCOC(=O)N1CCC(NC(N)=NCCc2ccc(Cl)cc2)CC1. The lowest BCUT2D eigenvalue weighted by Gasteiger charge is -2.31. The summed E-state index contributed by atoms with van der Waals surface area (Å²) in [5.74, 6) is 0.457. The summed E-state index contributed by atoms with van der Waals surface area (Å²) in [6.45, 7) is 4.20. The second kappa shape index (κ2) is 9.37. The number of ether oxygens (including phenoxy) is 1. The molecule has 0 spiro atoms. The van der Waals surface area contributed by atoms with Crippen molar-refractivity contribution in [1.29, 1.82) is 0 Å². The molecule has 24 heavy (non-hydrogen) atoms. The van der Waals surface area contributed by atoms with Gasteiger partial charge in [0.25, 0.3) is 0 Å². The average molecular weight is 353 g/mol. The molecule has 1 fully saturated rings. The van der Waals surface area contributed by atoms with Crippen molar-refractivity contribution in [2.24, 2.45) is 10.7 Å². The van der Waals surface area contributed by atoms with E-state index in [1.807, 2.05) is 31.2 Å². The number of aliphatic imine (C=N–C) groups is 1. The molecule has 6 nitrogen and oxygen atoms in total. The van der Waals surface area contributed by atoms with Crippen molar-refractivity contribution in [1.82, 2.24) is 10.2 Å². The number of hydrogen-bond acceptors (Lipinski definition) is 3. The maximum Gasteiger partial charge on any atom is 0.409 e. The number of carbonyl (C=O) groups is 1. The largest absolute Gasteiger partial charge is 0.450 e. The molecule has 3 N–H and O–H groups in total. The molecular weight excluding hydrogens is 328 g/mol.